The second-order valence-corrected chi connectivity index (χ2v) is 13.0. The van der Waals surface area contributed by atoms with Gasteiger partial charge < -0.3 is 15.3 Å². The monoisotopic (exact) mass is 497 g/mol. The van der Waals surface area contributed by atoms with Gasteiger partial charge in [-0.2, -0.15) is 0 Å². The number of rotatable bonds is 7. The Morgan fingerprint density at radius 2 is 1.72 bits per heavy atom. The van der Waals surface area contributed by atoms with Gasteiger partial charge in [0.15, 0.2) is 0 Å². The third-order valence-electron chi connectivity index (χ3n) is 9.15. The smallest absolute Gasteiger partial charge is 0.223 e. The van der Waals surface area contributed by atoms with Crippen LogP contribution in [-0.2, 0) is 10.2 Å². The Balaban J connectivity index is 1.05. The molecule has 2 heterocycles. The van der Waals surface area contributed by atoms with E-state index in [1.54, 1.807) is 0 Å². The molecule has 4 aliphatic rings. The lowest BCUT2D eigenvalue weighted by Crippen LogP contribution is -2.48. The molecule has 0 bridgehead atoms. The van der Waals surface area contributed by atoms with Crippen molar-refractivity contribution in [2.45, 2.75) is 108 Å². The SMILES string of the molecule is CC(C)(C)c1nc(C2CCC2)cc(N2CCN(CCC3CCC(NC(=O)C4CC(O)C4)CC3)CC2)n1. The summed E-state index contributed by atoms with van der Waals surface area (Å²) in [5.74, 6) is 3.74. The topological polar surface area (TPSA) is 81.6 Å². The summed E-state index contributed by atoms with van der Waals surface area (Å²) < 4.78 is 0. The van der Waals surface area contributed by atoms with Crippen molar-refractivity contribution < 1.29 is 9.90 Å². The standard InChI is InChI=1S/C29H47N5O2/c1-29(2,3)28-31-25(21-5-4-6-21)19-26(32-28)34-15-13-33(14-16-34)12-11-20-7-9-23(10-8-20)30-27(36)22-17-24(35)18-22/h19-24,35H,4-18H2,1-3H3,(H,30,36). The minimum atomic E-state index is -0.259. The Bertz CT molecular complexity index is 889. The number of hydrogen-bond donors (Lipinski definition) is 2. The molecule has 3 aliphatic carbocycles. The summed E-state index contributed by atoms with van der Waals surface area (Å²) in [4.78, 5) is 27.4. The summed E-state index contributed by atoms with van der Waals surface area (Å²) in [5.41, 5.74) is 1.23. The van der Waals surface area contributed by atoms with Crippen molar-refractivity contribution in [2.75, 3.05) is 37.6 Å². The maximum absolute atomic E-state index is 12.3. The van der Waals surface area contributed by atoms with Gasteiger partial charge in [0.1, 0.15) is 11.6 Å². The van der Waals surface area contributed by atoms with Crippen LogP contribution in [0.1, 0.15) is 102 Å². The zero-order chi connectivity index (χ0) is 25.3. The Kier molecular flexibility index (Phi) is 7.87. The first kappa shape index (κ1) is 25.9. The lowest BCUT2D eigenvalue weighted by molar-refractivity contribution is -0.132. The van der Waals surface area contributed by atoms with Crippen molar-refractivity contribution in [1.29, 1.82) is 0 Å². The van der Waals surface area contributed by atoms with E-state index < -0.39 is 0 Å². The van der Waals surface area contributed by atoms with E-state index in [2.05, 4.69) is 42.0 Å². The Labute approximate surface area is 217 Å². The molecule has 0 radical (unpaired) electrons. The van der Waals surface area contributed by atoms with Crippen molar-refractivity contribution in [1.82, 2.24) is 20.2 Å². The van der Waals surface area contributed by atoms with Gasteiger partial charge in [-0.25, -0.2) is 9.97 Å². The van der Waals surface area contributed by atoms with E-state index >= 15 is 0 Å². The molecule has 1 amide bonds. The number of aromatic nitrogens is 2. The molecule has 4 fully saturated rings. The molecular weight excluding hydrogens is 450 g/mol. The number of carbonyl (C=O) groups is 1. The van der Waals surface area contributed by atoms with Crippen molar-refractivity contribution in [3.05, 3.63) is 17.6 Å². The molecule has 0 unspecified atom stereocenters. The molecule has 36 heavy (non-hydrogen) atoms. The maximum Gasteiger partial charge on any atom is 0.223 e. The molecule has 0 spiro atoms. The highest BCUT2D eigenvalue weighted by atomic mass is 16.3. The number of anilines is 1. The lowest BCUT2D eigenvalue weighted by atomic mass is 9.80. The number of carbonyl (C=O) groups excluding carboxylic acids is 1. The number of aliphatic hydroxyl groups is 1. The zero-order valence-corrected chi connectivity index (χ0v) is 22.7. The van der Waals surface area contributed by atoms with Crippen molar-refractivity contribution in [3.8, 4) is 0 Å². The molecule has 1 aromatic heterocycles. The molecule has 1 saturated heterocycles. The van der Waals surface area contributed by atoms with Crippen LogP contribution in [-0.4, -0.2) is 70.8 Å². The van der Waals surface area contributed by atoms with E-state index in [9.17, 15) is 9.90 Å². The first-order valence-electron chi connectivity index (χ1n) is 14.6. The molecule has 5 rings (SSSR count). The summed E-state index contributed by atoms with van der Waals surface area (Å²) in [6.07, 6.45) is 10.8. The predicted octanol–water partition coefficient (Wildman–Crippen LogP) is 4.00. The Hall–Kier alpha value is -1.73. The fourth-order valence-corrected chi connectivity index (χ4v) is 6.15. The summed E-state index contributed by atoms with van der Waals surface area (Å²) in [7, 11) is 0. The highest BCUT2D eigenvalue weighted by molar-refractivity contribution is 5.79. The van der Waals surface area contributed by atoms with Crippen LogP contribution in [0.25, 0.3) is 0 Å². The molecule has 7 heteroatoms. The number of nitrogens with one attached hydrogen (secondary N) is 1. The van der Waals surface area contributed by atoms with Crippen LogP contribution in [0.2, 0.25) is 0 Å². The van der Waals surface area contributed by atoms with Crippen LogP contribution < -0.4 is 10.2 Å². The molecule has 200 valence electrons. The fourth-order valence-electron chi connectivity index (χ4n) is 6.15. The quantitative estimate of drug-likeness (QED) is 0.593. The van der Waals surface area contributed by atoms with Gasteiger partial charge in [-0.15, -0.1) is 0 Å². The van der Waals surface area contributed by atoms with Crippen LogP contribution in [0.5, 0.6) is 0 Å². The summed E-state index contributed by atoms with van der Waals surface area (Å²) in [6, 6.07) is 2.62. The zero-order valence-electron chi connectivity index (χ0n) is 22.7. The highest BCUT2D eigenvalue weighted by Crippen LogP contribution is 2.37. The van der Waals surface area contributed by atoms with E-state index in [0.717, 1.165) is 56.6 Å². The third-order valence-corrected chi connectivity index (χ3v) is 9.15. The number of nitrogens with zero attached hydrogens (tertiary/aromatic N) is 4. The molecule has 2 N–H and O–H groups in total. The largest absolute Gasteiger partial charge is 0.393 e. The molecule has 7 nitrogen and oxygen atoms in total. The lowest BCUT2D eigenvalue weighted by Gasteiger charge is -2.38. The molecule has 0 atom stereocenters. The van der Waals surface area contributed by atoms with Crippen LogP contribution in [0.4, 0.5) is 5.82 Å². The van der Waals surface area contributed by atoms with Crippen molar-refractivity contribution in [3.63, 3.8) is 0 Å². The van der Waals surface area contributed by atoms with Gasteiger partial charge in [-0.05, 0) is 70.3 Å². The van der Waals surface area contributed by atoms with Gasteiger partial charge in [-0.3, -0.25) is 9.69 Å². The molecular formula is C29H47N5O2. The van der Waals surface area contributed by atoms with E-state index in [4.69, 9.17) is 9.97 Å². The number of amides is 1. The molecule has 1 aliphatic heterocycles. The van der Waals surface area contributed by atoms with Crippen LogP contribution in [0.3, 0.4) is 0 Å². The second kappa shape index (κ2) is 10.9. The molecule has 1 aromatic rings. The van der Waals surface area contributed by atoms with Crippen molar-refractivity contribution in [2.24, 2.45) is 11.8 Å². The van der Waals surface area contributed by atoms with Gasteiger partial charge >= 0.3 is 0 Å². The number of piperazine rings is 1. The van der Waals surface area contributed by atoms with Gasteiger partial charge in [0.2, 0.25) is 5.91 Å². The maximum atomic E-state index is 12.3. The molecule has 3 saturated carbocycles. The number of aliphatic hydroxyl groups excluding tert-OH is 1. The van der Waals surface area contributed by atoms with E-state index in [0.29, 0.717) is 24.8 Å². The number of hydrogen-bond acceptors (Lipinski definition) is 6. The van der Waals surface area contributed by atoms with E-state index in [1.807, 2.05) is 0 Å². The van der Waals surface area contributed by atoms with Gasteiger partial charge in [0.25, 0.3) is 0 Å². The Morgan fingerprint density at radius 3 is 2.31 bits per heavy atom. The van der Waals surface area contributed by atoms with Gasteiger partial charge in [-0.1, -0.05) is 27.2 Å². The van der Waals surface area contributed by atoms with Crippen LogP contribution in [0.15, 0.2) is 6.07 Å². The third kappa shape index (κ3) is 6.21. The first-order valence-corrected chi connectivity index (χ1v) is 14.6. The average Bonchev–Trinajstić information content (AvgIpc) is 2.80. The molecule has 0 aromatic carbocycles. The normalized spacial score (nSPS) is 29.9. The minimum absolute atomic E-state index is 0.0299. The average molecular weight is 498 g/mol. The van der Waals surface area contributed by atoms with Gasteiger partial charge in [0.05, 0.1) is 6.10 Å². The fraction of sp³-hybridized carbons (Fsp3) is 0.828. The highest BCUT2D eigenvalue weighted by Gasteiger charge is 2.34. The van der Waals surface area contributed by atoms with E-state index in [1.165, 1.54) is 50.8 Å². The predicted molar refractivity (Wildman–Crippen MR) is 143 cm³/mol. The minimum Gasteiger partial charge on any atom is -0.393 e. The Morgan fingerprint density at radius 1 is 1.03 bits per heavy atom. The first-order chi connectivity index (χ1) is 17.2. The van der Waals surface area contributed by atoms with E-state index in [-0.39, 0.29) is 23.3 Å². The van der Waals surface area contributed by atoms with Gasteiger partial charge in [0, 0.05) is 61.2 Å². The summed E-state index contributed by atoms with van der Waals surface area (Å²) in [6.45, 7) is 12.1. The second-order valence-electron chi connectivity index (χ2n) is 13.0. The van der Waals surface area contributed by atoms with Crippen LogP contribution >= 0.6 is 0 Å². The van der Waals surface area contributed by atoms with Crippen LogP contribution in [0, 0.1) is 11.8 Å². The summed E-state index contributed by atoms with van der Waals surface area (Å²) in [5, 5.41) is 12.7. The van der Waals surface area contributed by atoms with Crippen molar-refractivity contribution >= 4 is 11.7 Å². The summed E-state index contributed by atoms with van der Waals surface area (Å²) >= 11 is 0.